The summed E-state index contributed by atoms with van der Waals surface area (Å²) in [7, 11) is 0. The topological polar surface area (TPSA) is 32.3 Å². The molecule has 0 saturated carbocycles. The number of hydrogen-bond acceptors (Lipinski definition) is 2. The quantitative estimate of drug-likeness (QED) is 0.563. The molecule has 0 radical (unpaired) electrons. The molecule has 0 aromatic carbocycles. The number of rotatable bonds is 1. The molecule has 1 atom stereocenters. The molecule has 0 aromatic heterocycles. The Morgan fingerprint density at radius 3 is 2.80 bits per heavy atom. The molecule has 0 spiro atoms. The van der Waals surface area contributed by atoms with Gasteiger partial charge in [-0.25, -0.2) is 0 Å². The van der Waals surface area contributed by atoms with Crippen LogP contribution in [-0.2, 0) is 0 Å². The first-order valence-electron chi connectivity index (χ1n) is 3.46. The Balaban J connectivity index is 2.68. The third-order valence-corrected chi connectivity index (χ3v) is 1.70. The van der Waals surface area contributed by atoms with Crippen LogP contribution in [0.1, 0.15) is 13.8 Å². The summed E-state index contributed by atoms with van der Waals surface area (Å²) in [4.78, 5) is 0. The van der Waals surface area contributed by atoms with Gasteiger partial charge in [0.25, 0.3) is 0 Å². The molecular weight excluding hydrogens is 126 g/mol. The van der Waals surface area contributed by atoms with E-state index < -0.39 is 0 Å². The van der Waals surface area contributed by atoms with Crippen molar-refractivity contribution in [1.29, 1.82) is 0 Å². The van der Waals surface area contributed by atoms with Gasteiger partial charge < -0.3 is 10.4 Å². The van der Waals surface area contributed by atoms with Crippen molar-refractivity contribution in [3.63, 3.8) is 0 Å². The largest absolute Gasteiger partial charge is 0.394 e. The van der Waals surface area contributed by atoms with E-state index >= 15 is 0 Å². The van der Waals surface area contributed by atoms with Crippen molar-refractivity contribution in [2.24, 2.45) is 0 Å². The molecule has 1 aliphatic rings. The number of nitrogens with one attached hydrogen (secondary N) is 1. The lowest BCUT2D eigenvalue weighted by Gasteiger charge is -2.19. The van der Waals surface area contributed by atoms with E-state index in [0.29, 0.717) is 0 Å². The van der Waals surface area contributed by atoms with E-state index in [1.54, 1.807) is 0 Å². The molecule has 1 unspecified atom stereocenters. The van der Waals surface area contributed by atoms with Crippen molar-refractivity contribution in [2.75, 3.05) is 6.61 Å². The molecule has 0 aliphatic carbocycles. The highest BCUT2D eigenvalue weighted by Crippen LogP contribution is 2.10. The normalized spacial score (nSPS) is 24.9. The first-order valence-corrected chi connectivity index (χ1v) is 3.46. The van der Waals surface area contributed by atoms with Crippen molar-refractivity contribution in [3.8, 4) is 0 Å². The highest BCUT2D eigenvalue weighted by Gasteiger charge is 2.09. The lowest BCUT2D eigenvalue weighted by Crippen LogP contribution is -2.31. The van der Waals surface area contributed by atoms with Crippen LogP contribution in [0, 0.1) is 0 Å². The lowest BCUT2D eigenvalue weighted by atomic mass is 10.0. The maximum absolute atomic E-state index is 8.82. The van der Waals surface area contributed by atoms with Crippen LogP contribution in [0.15, 0.2) is 23.4 Å². The molecule has 1 heterocycles. The third-order valence-electron chi connectivity index (χ3n) is 1.70. The predicted molar refractivity (Wildman–Crippen MR) is 41.5 cm³/mol. The summed E-state index contributed by atoms with van der Waals surface area (Å²) >= 11 is 0. The summed E-state index contributed by atoms with van der Waals surface area (Å²) in [6.07, 6.45) is 4.01. The summed E-state index contributed by atoms with van der Waals surface area (Å²) in [5.74, 6) is 0. The van der Waals surface area contributed by atoms with Gasteiger partial charge in [-0.15, -0.1) is 0 Å². The average molecular weight is 139 g/mol. The zero-order valence-corrected chi connectivity index (χ0v) is 6.39. The highest BCUT2D eigenvalue weighted by atomic mass is 16.3. The van der Waals surface area contributed by atoms with Crippen LogP contribution < -0.4 is 5.32 Å². The van der Waals surface area contributed by atoms with Gasteiger partial charge in [-0.1, -0.05) is 6.08 Å². The Morgan fingerprint density at radius 2 is 2.30 bits per heavy atom. The van der Waals surface area contributed by atoms with Crippen molar-refractivity contribution in [1.82, 2.24) is 5.32 Å². The van der Waals surface area contributed by atoms with Crippen molar-refractivity contribution >= 4 is 0 Å². The third kappa shape index (κ3) is 1.39. The maximum Gasteiger partial charge on any atom is 0.0700 e. The van der Waals surface area contributed by atoms with E-state index in [2.05, 4.69) is 11.4 Å². The van der Waals surface area contributed by atoms with E-state index in [0.717, 1.165) is 0 Å². The van der Waals surface area contributed by atoms with Crippen LogP contribution in [0.2, 0.25) is 0 Å². The number of allylic oxidation sites excluding steroid dienone is 2. The van der Waals surface area contributed by atoms with Crippen LogP contribution in [0.4, 0.5) is 0 Å². The Morgan fingerprint density at radius 1 is 1.60 bits per heavy atom. The van der Waals surface area contributed by atoms with Gasteiger partial charge in [0, 0.05) is 0 Å². The van der Waals surface area contributed by atoms with Crippen LogP contribution in [0.25, 0.3) is 0 Å². The second kappa shape index (κ2) is 2.88. The first kappa shape index (κ1) is 7.35. The van der Waals surface area contributed by atoms with Gasteiger partial charge in [0.15, 0.2) is 0 Å². The van der Waals surface area contributed by atoms with E-state index in [4.69, 9.17) is 5.11 Å². The molecule has 0 bridgehead atoms. The van der Waals surface area contributed by atoms with Crippen molar-refractivity contribution in [3.05, 3.63) is 23.4 Å². The van der Waals surface area contributed by atoms with Crippen molar-refractivity contribution in [2.45, 2.75) is 19.9 Å². The molecule has 2 N–H and O–H groups in total. The number of aliphatic hydroxyl groups is 1. The van der Waals surface area contributed by atoms with E-state index in [9.17, 15) is 0 Å². The molecule has 1 rings (SSSR count). The maximum atomic E-state index is 8.82. The van der Waals surface area contributed by atoms with E-state index in [1.165, 1.54) is 11.1 Å². The molecule has 10 heavy (non-hydrogen) atoms. The zero-order chi connectivity index (χ0) is 7.56. The minimum atomic E-state index is 0.128. The molecule has 0 fully saturated rings. The van der Waals surface area contributed by atoms with E-state index in [-0.39, 0.29) is 12.6 Å². The molecule has 2 heteroatoms. The minimum absolute atomic E-state index is 0.128. The summed E-state index contributed by atoms with van der Waals surface area (Å²) in [6, 6.07) is 0.128. The van der Waals surface area contributed by atoms with Gasteiger partial charge in [0.2, 0.25) is 0 Å². The van der Waals surface area contributed by atoms with Gasteiger partial charge >= 0.3 is 0 Å². The standard InChI is InChI=1S/C8H13NO/c1-6-3-7(2)8(5-10)9-4-6/h3-4,8-10H,5H2,1-2H3. The highest BCUT2D eigenvalue weighted by molar-refractivity contribution is 5.28. The molecule has 0 amide bonds. The summed E-state index contributed by atoms with van der Waals surface area (Å²) in [5, 5.41) is 11.9. The molecule has 0 aromatic rings. The van der Waals surface area contributed by atoms with Gasteiger partial charge in [-0.05, 0) is 31.2 Å². The van der Waals surface area contributed by atoms with Crippen LogP contribution in [-0.4, -0.2) is 17.8 Å². The van der Waals surface area contributed by atoms with Gasteiger partial charge in [-0.3, -0.25) is 0 Å². The Hall–Kier alpha value is -0.760. The lowest BCUT2D eigenvalue weighted by molar-refractivity contribution is 0.267. The fraction of sp³-hybridized carbons (Fsp3) is 0.500. The molecule has 2 nitrogen and oxygen atoms in total. The molecular formula is C8H13NO. The average Bonchev–Trinajstić information content (AvgIpc) is 1.88. The number of aliphatic hydroxyl groups excluding tert-OH is 1. The summed E-state index contributed by atoms with van der Waals surface area (Å²) in [5.41, 5.74) is 2.41. The predicted octanol–water partition coefficient (Wildman–Crippen LogP) is 0.801. The number of dihydropyridines is 1. The molecule has 0 saturated heterocycles. The summed E-state index contributed by atoms with van der Waals surface area (Å²) < 4.78 is 0. The summed E-state index contributed by atoms with van der Waals surface area (Å²) in [6.45, 7) is 4.22. The second-order valence-electron chi connectivity index (χ2n) is 2.68. The Labute approximate surface area is 61.3 Å². The van der Waals surface area contributed by atoms with Gasteiger partial charge in [0.05, 0.1) is 12.6 Å². The Kier molecular flexibility index (Phi) is 2.12. The fourth-order valence-electron chi connectivity index (χ4n) is 1.06. The van der Waals surface area contributed by atoms with Crippen LogP contribution in [0.3, 0.4) is 0 Å². The van der Waals surface area contributed by atoms with Gasteiger partial charge in [-0.2, -0.15) is 0 Å². The number of hydrogen-bond donors (Lipinski definition) is 2. The van der Waals surface area contributed by atoms with Crippen LogP contribution >= 0.6 is 0 Å². The van der Waals surface area contributed by atoms with Crippen molar-refractivity contribution < 1.29 is 5.11 Å². The minimum Gasteiger partial charge on any atom is -0.394 e. The smallest absolute Gasteiger partial charge is 0.0700 e. The Bertz CT molecular complexity index is 182. The van der Waals surface area contributed by atoms with E-state index in [1.807, 2.05) is 20.0 Å². The fourth-order valence-corrected chi connectivity index (χ4v) is 1.06. The zero-order valence-electron chi connectivity index (χ0n) is 6.39. The van der Waals surface area contributed by atoms with Crippen LogP contribution in [0.5, 0.6) is 0 Å². The first-order chi connectivity index (χ1) is 4.74. The second-order valence-corrected chi connectivity index (χ2v) is 2.68. The van der Waals surface area contributed by atoms with Gasteiger partial charge in [0.1, 0.15) is 0 Å². The monoisotopic (exact) mass is 139 g/mol. The molecule has 56 valence electrons. The molecule has 1 aliphatic heterocycles. The SMILES string of the molecule is CC1=CNC(CO)C(C)=C1.